The predicted octanol–water partition coefficient (Wildman–Crippen LogP) is -2.89. The quantitative estimate of drug-likeness (QED) is 0.0264. The van der Waals surface area contributed by atoms with Crippen LogP contribution in [0.25, 0.3) is 0 Å². The molecule has 3 aliphatic heterocycles. The van der Waals surface area contributed by atoms with Crippen molar-refractivity contribution < 1.29 is 167 Å². The van der Waals surface area contributed by atoms with E-state index in [0.29, 0.717) is 83.6 Å². The Bertz CT molecular complexity index is 1010. The van der Waals surface area contributed by atoms with Crippen LogP contribution >= 0.6 is 0 Å². The van der Waals surface area contributed by atoms with Gasteiger partial charge in [0.05, 0.1) is 66.1 Å². The standard InChI is InChI=1S/C18H35NO5.C12H26N2O3.C11H21NO2.CH2O3.CH4.2K.H/c1-18(2,3)24-17(20)15-16-5-7-19(8-6-16)9-10-22-13-14-23-12-11-21-4;1-15-8-9-17-11-10-16-7-6-14-4-2-12(13)3-5-14;1-11(2,3)14-10(13)8-9-4-6-12-7-5-9;2-1-4-3;;;;/h16H,5-15H2,1-4H3;12H,2-11,13H2,1H3;9,12H,4-8H2,1-3H3;1,3H;1H4;;;/q;;;;;2*+1;-1/p-1. The molecular weight excluding hydrogens is 859 g/mol. The van der Waals surface area contributed by atoms with Crippen molar-refractivity contribution >= 4 is 18.4 Å². The van der Waals surface area contributed by atoms with Crippen molar-refractivity contribution in [3.63, 3.8) is 0 Å². The van der Waals surface area contributed by atoms with Crippen molar-refractivity contribution in [3.8, 4) is 0 Å². The summed E-state index contributed by atoms with van der Waals surface area (Å²) >= 11 is 0. The number of rotatable bonds is 23. The van der Waals surface area contributed by atoms with Gasteiger partial charge >= 0.3 is 115 Å². The summed E-state index contributed by atoms with van der Waals surface area (Å²) in [4.78, 5) is 39.4. The van der Waals surface area contributed by atoms with Crippen molar-refractivity contribution in [1.29, 1.82) is 0 Å². The van der Waals surface area contributed by atoms with Gasteiger partial charge in [-0.15, -0.1) is 0 Å². The van der Waals surface area contributed by atoms with E-state index in [4.69, 9.17) is 53.7 Å². The molecule has 0 aromatic heterocycles. The number of hydrogen-bond donors (Lipinski definition) is 2. The van der Waals surface area contributed by atoms with E-state index in [9.17, 15) is 9.59 Å². The second-order valence-corrected chi connectivity index (χ2v) is 16.9. The molecule has 3 fully saturated rings. The van der Waals surface area contributed by atoms with Gasteiger partial charge in [-0.1, -0.05) is 7.43 Å². The van der Waals surface area contributed by atoms with Gasteiger partial charge < -0.3 is 70.3 Å². The molecular formula is C43H88K2N4O13. The Morgan fingerprint density at radius 1 is 0.629 bits per heavy atom. The first-order valence-corrected chi connectivity index (χ1v) is 21.5. The SMILES string of the molecule is C.CC(C)(C)OC(=O)CC1CCNCC1.COCCOCCOCCN1CCC(CC(=O)OC(C)(C)C)CC1.COCCOCCOCCN1CCC(N)CC1.O=CO[O-].[H-].[K+].[K+]. The van der Waals surface area contributed by atoms with Crippen molar-refractivity contribution in [2.75, 3.05) is 133 Å². The molecule has 3 aliphatic rings. The largest absolute Gasteiger partial charge is 1.00 e. The maximum Gasteiger partial charge on any atom is 1.00 e. The maximum absolute atomic E-state index is 11.9. The maximum atomic E-state index is 11.9. The fraction of sp³-hybridized carbons (Fsp3) is 0.930. The topological polar surface area (TPSA) is 202 Å². The van der Waals surface area contributed by atoms with Crippen LogP contribution in [0, 0.1) is 11.8 Å². The number of ether oxygens (including phenoxy) is 8. The Labute approximate surface area is 462 Å². The zero-order chi connectivity index (χ0) is 44.2. The van der Waals surface area contributed by atoms with Gasteiger partial charge in [0.1, 0.15) is 11.2 Å². The molecule has 0 unspecified atom stereocenters. The molecule has 0 aromatic carbocycles. The van der Waals surface area contributed by atoms with Gasteiger partial charge in [0.25, 0.3) is 6.47 Å². The Hall–Kier alpha value is 1.24. The summed E-state index contributed by atoms with van der Waals surface area (Å²) in [5.74, 6) is 0.847. The number of nitrogens with one attached hydrogen (secondary N) is 1. The number of nitrogens with two attached hydrogens (primary N) is 1. The van der Waals surface area contributed by atoms with Crippen LogP contribution in [0.5, 0.6) is 0 Å². The third-order valence-corrected chi connectivity index (χ3v) is 9.30. The van der Waals surface area contributed by atoms with Gasteiger partial charge in [0.2, 0.25) is 0 Å². The third kappa shape index (κ3) is 47.7. The summed E-state index contributed by atoms with van der Waals surface area (Å²) in [5.41, 5.74) is 5.12. The molecule has 0 aromatic rings. The first kappa shape index (κ1) is 69.8. The van der Waals surface area contributed by atoms with E-state index in [1.54, 1.807) is 14.2 Å². The number of hydrogen-bond acceptors (Lipinski definition) is 17. The van der Waals surface area contributed by atoms with Crippen LogP contribution in [-0.4, -0.2) is 178 Å². The number of esters is 2. The van der Waals surface area contributed by atoms with Gasteiger partial charge in [-0.25, -0.2) is 0 Å². The average molecular weight is 947 g/mol. The minimum atomic E-state index is -0.387. The van der Waals surface area contributed by atoms with E-state index in [0.717, 1.165) is 104 Å². The van der Waals surface area contributed by atoms with Gasteiger partial charge in [-0.3, -0.25) is 14.4 Å². The molecule has 0 saturated carbocycles. The molecule has 0 atom stereocenters. The van der Waals surface area contributed by atoms with Gasteiger partial charge in [-0.05, 0) is 131 Å². The fourth-order valence-corrected chi connectivity index (χ4v) is 6.23. The van der Waals surface area contributed by atoms with Crippen LogP contribution < -0.4 is 119 Å². The predicted molar refractivity (Wildman–Crippen MR) is 231 cm³/mol. The average Bonchev–Trinajstić information content (AvgIpc) is 3.18. The minimum Gasteiger partial charge on any atom is -1.00 e. The van der Waals surface area contributed by atoms with Gasteiger partial charge in [-0.2, -0.15) is 0 Å². The smallest absolute Gasteiger partial charge is 1.00 e. The Morgan fingerprint density at radius 2 is 0.952 bits per heavy atom. The van der Waals surface area contributed by atoms with Crippen LogP contribution in [-0.2, 0) is 57.2 Å². The molecule has 3 heterocycles. The molecule has 0 aliphatic carbocycles. The van der Waals surface area contributed by atoms with E-state index < -0.39 is 0 Å². The number of methoxy groups -OCH3 is 2. The number of nitrogens with zero attached hydrogens (tertiary/aromatic N) is 2. The summed E-state index contributed by atoms with van der Waals surface area (Å²) in [7, 11) is 3.33. The zero-order valence-electron chi connectivity index (χ0n) is 41.0. The Kier molecular flexibility index (Phi) is 51.8. The summed E-state index contributed by atoms with van der Waals surface area (Å²) in [5, 5.41) is 11.7. The second kappa shape index (κ2) is 46.0. The second-order valence-electron chi connectivity index (χ2n) is 16.9. The van der Waals surface area contributed by atoms with Crippen LogP contribution in [0.1, 0.15) is 102 Å². The summed E-state index contributed by atoms with van der Waals surface area (Å²) in [6, 6.07) is 0.404. The van der Waals surface area contributed by atoms with E-state index in [1.807, 2.05) is 41.5 Å². The van der Waals surface area contributed by atoms with Crippen LogP contribution in [0.3, 0.4) is 0 Å². The number of likely N-dealkylation sites (tertiary alicyclic amines) is 2. The molecule has 19 heteroatoms. The van der Waals surface area contributed by atoms with Crippen molar-refractivity contribution in [2.45, 2.75) is 118 Å². The molecule has 0 amide bonds. The van der Waals surface area contributed by atoms with Crippen molar-refractivity contribution in [3.05, 3.63) is 0 Å². The Balaban J connectivity index is -0.000000255. The summed E-state index contributed by atoms with van der Waals surface area (Å²) < 4.78 is 42.2. The summed E-state index contributed by atoms with van der Waals surface area (Å²) in [6.07, 6.45) is 7.65. The van der Waals surface area contributed by atoms with E-state index in [-0.39, 0.29) is 141 Å². The monoisotopic (exact) mass is 947 g/mol. The fourth-order valence-electron chi connectivity index (χ4n) is 6.23. The van der Waals surface area contributed by atoms with E-state index in [1.165, 1.54) is 0 Å². The van der Waals surface area contributed by atoms with Gasteiger partial charge in [0, 0.05) is 46.2 Å². The summed E-state index contributed by atoms with van der Waals surface area (Å²) in [6.45, 7) is 26.2. The van der Waals surface area contributed by atoms with Crippen LogP contribution in [0.2, 0.25) is 0 Å². The molecule has 3 saturated heterocycles. The molecule has 3 rings (SSSR count). The van der Waals surface area contributed by atoms with E-state index in [2.05, 4.69) is 20.0 Å². The molecule has 62 heavy (non-hydrogen) atoms. The molecule has 17 nitrogen and oxygen atoms in total. The van der Waals surface area contributed by atoms with Crippen LogP contribution in [0.4, 0.5) is 0 Å². The molecule has 3 N–H and O–H groups in total. The molecule has 0 radical (unpaired) electrons. The normalized spacial score (nSPS) is 16.5. The number of carbonyl (C=O) groups is 3. The van der Waals surface area contributed by atoms with Crippen LogP contribution in [0.15, 0.2) is 0 Å². The molecule has 0 bridgehead atoms. The Morgan fingerprint density at radius 3 is 1.29 bits per heavy atom. The first-order chi connectivity index (χ1) is 28.1. The third-order valence-electron chi connectivity index (χ3n) is 9.30. The number of carbonyl (C=O) groups excluding carboxylic acids is 3. The van der Waals surface area contributed by atoms with E-state index >= 15 is 0 Å². The van der Waals surface area contributed by atoms with Crippen molar-refractivity contribution in [1.82, 2.24) is 15.1 Å². The molecule has 0 spiro atoms. The van der Waals surface area contributed by atoms with Crippen molar-refractivity contribution in [2.24, 2.45) is 17.6 Å². The number of piperidine rings is 3. The zero-order valence-corrected chi connectivity index (χ0v) is 46.2. The molecule has 360 valence electrons. The van der Waals surface area contributed by atoms with Gasteiger partial charge in [0.15, 0.2) is 0 Å². The minimum absolute atomic E-state index is 0. The first-order valence-electron chi connectivity index (χ1n) is 21.5.